The lowest BCUT2D eigenvalue weighted by molar-refractivity contribution is 0.282. The zero-order chi connectivity index (χ0) is 25.9. The van der Waals surface area contributed by atoms with E-state index in [0.717, 1.165) is 51.4 Å². The van der Waals surface area contributed by atoms with Crippen molar-refractivity contribution < 1.29 is 4.74 Å². The third-order valence-corrected chi connectivity index (χ3v) is 7.03. The van der Waals surface area contributed by atoms with Crippen LogP contribution in [0.1, 0.15) is 39.1 Å². The molecule has 0 fully saturated rings. The SMILES string of the molecule is COc1ccc(CN2C/C(=C/c3ccccc3C)c3[nH]c(=O)c(C#N)c(-c4ccccc4C)c3C2)cc1. The monoisotopic (exact) mass is 487 g/mol. The van der Waals surface area contributed by atoms with Crippen LogP contribution < -0.4 is 10.3 Å². The van der Waals surface area contributed by atoms with Gasteiger partial charge in [-0.25, -0.2) is 0 Å². The average Bonchev–Trinajstić information content (AvgIpc) is 2.90. The van der Waals surface area contributed by atoms with Crippen LogP contribution in [0.5, 0.6) is 5.75 Å². The largest absolute Gasteiger partial charge is 0.497 e. The van der Waals surface area contributed by atoms with Gasteiger partial charge in [-0.1, -0.05) is 60.7 Å². The zero-order valence-electron chi connectivity index (χ0n) is 21.3. The highest BCUT2D eigenvalue weighted by Crippen LogP contribution is 2.37. The van der Waals surface area contributed by atoms with E-state index in [1.54, 1.807) is 7.11 Å². The highest BCUT2D eigenvalue weighted by atomic mass is 16.5. The van der Waals surface area contributed by atoms with Gasteiger partial charge >= 0.3 is 0 Å². The molecule has 5 rings (SSSR count). The van der Waals surface area contributed by atoms with Gasteiger partial charge in [0, 0.05) is 25.2 Å². The Bertz CT molecular complexity index is 1590. The molecule has 3 aromatic carbocycles. The molecule has 0 aliphatic carbocycles. The van der Waals surface area contributed by atoms with Gasteiger partial charge in [-0.15, -0.1) is 0 Å². The summed E-state index contributed by atoms with van der Waals surface area (Å²) in [6, 6.07) is 26.5. The van der Waals surface area contributed by atoms with E-state index in [1.165, 1.54) is 11.1 Å². The molecule has 4 aromatic rings. The standard InChI is InChI=1S/C32H29N3O2/c1-21-8-4-6-10-24(21)16-25-19-35(18-23-12-14-26(37-3)15-13-23)20-29-30(27-11-7-5-9-22(27)2)28(17-33)32(36)34-31(25)29/h4-16H,18-20H2,1-3H3,(H,34,36)/b25-16-. The smallest absolute Gasteiger partial charge is 0.266 e. The van der Waals surface area contributed by atoms with Crippen molar-refractivity contribution >= 4 is 11.6 Å². The van der Waals surface area contributed by atoms with E-state index in [2.05, 4.69) is 53.2 Å². The van der Waals surface area contributed by atoms with E-state index >= 15 is 0 Å². The average molecular weight is 488 g/mol. The number of nitrogens with zero attached hydrogens (tertiary/aromatic N) is 2. The zero-order valence-corrected chi connectivity index (χ0v) is 21.3. The van der Waals surface area contributed by atoms with Crippen molar-refractivity contribution in [2.24, 2.45) is 0 Å². The molecule has 1 aromatic heterocycles. The molecule has 2 heterocycles. The fourth-order valence-electron chi connectivity index (χ4n) is 5.09. The Balaban J connectivity index is 1.70. The normalized spacial score (nSPS) is 14.3. The third kappa shape index (κ3) is 4.84. The molecule has 5 heteroatoms. The molecular formula is C32H29N3O2. The number of fused-ring (bicyclic) bond motifs is 1. The van der Waals surface area contributed by atoms with Gasteiger partial charge < -0.3 is 9.72 Å². The van der Waals surface area contributed by atoms with E-state index < -0.39 is 0 Å². The maximum Gasteiger partial charge on any atom is 0.266 e. The summed E-state index contributed by atoms with van der Waals surface area (Å²) in [7, 11) is 1.67. The Morgan fingerprint density at radius 2 is 1.68 bits per heavy atom. The van der Waals surface area contributed by atoms with E-state index in [0.29, 0.717) is 13.1 Å². The summed E-state index contributed by atoms with van der Waals surface area (Å²) in [6.45, 7) is 6.12. The van der Waals surface area contributed by atoms with Crippen LogP contribution in [0.2, 0.25) is 0 Å². The predicted molar refractivity (Wildman–Crippen MR) is 148 cm³/mol. The summed E-state index contributed by atoms with van der Waals surface area (Å²) in [5, 5.41) is 10.0. The van der Waals surface area contributed by atoms with Crippen LogP contribution in [0.3, 0.4) is 0 Å². The number of benzene rings is 3. The number of ether oxygens (including phenoxy) is 1. The highest BCUT2D eigenvalue weighted by molar-refractivity contribution is 5.88. The van der Waals surface area contributed by atoms with Crippen molar-refractivity contribution in [3.63, 3.8) is 0 Å². The number of rotatable bonds is 5. The van der Waals surface area contributed by atoms with Crippen LogP contribution in [0.15, 0.2) is 77.6 Å². The topological polar surface area (TPSA) is 69.1 Å². The van der Waals surface area contributed by atoms with Crippen molar-refractivity contribution in [2.45, 2.75) is 26.9 Å². The molecule has 0 radical (unpaired) electrons. The number of methoxy groups -OCH3 is 1. The molecular weight excluding hydrogens is 458 g/mol. The van der Waals surface area contributed by atoms with Gasteiger partial charge in [0.25, 0.3) is 5.56 Å². The predicted octanol–water partition coefficient (Wildman–Crippen LogP) is 6.10. The molecule has 0 saturated heterocycles. The van der Waals surface area contributed by atoms with Gasteiger partial charge in [-0.3, -0.25) is 9.69 Å². The first-order valence-corrected chi connectivity index (χ1v) is 12.4. The number of H-pyrrole nitrogens is 1. The van der Waals surface area contributed by atoms with Crippen LogP contribution >= 0.6 is 0 Å². The van der Waals surface area contributed by atoms with E-state index in [4.69, 9.17) is 4.74 Å². The summed E-state index contributed by atoms with van der Waals surface area (Å²) >= 11 is 0. The molecule has 0 amide bonds. The second-order valence-electron chi connectivity index (χ2n) is 9.50. The van der Waals surface area contributed by atoms with E-state index in [-0.39, 0.29) is 11.1 Å². The Morgan fingerprint density at radius 3 is 2.35 bits per heavy atom. The minimum atomic E-state index is -0.348. The Kier molecular flexibility index (Phi) is 6.76. The number of pyridine rings is 1. The summed E-state index contributed by atoms with van der Waals surface area (Å²) in [6.07, 6.45) is 2.16. The quantitative estimate of drug-likeness (QED) is 0.370. The number of aromatic nitrogens is 1. The number of nitriles is 1. The first-order valence-electron chi connectivity index (χ1n) is 12.4. The van der Waals surface area contributed by atoms with Gasteiger partial charge in [0.05, 0.1) is 12.8 Å². The summed E-state index contributed by atoms with van der Waals surface area (Å²) in [4.78, 5) is 18.6. The lowest BCUT2D eigenvalue weighted by Crippen LogP contribution is -2.33. The molecule has 5 nitrogen and oxygen atoms in total. The van der Waals surface area contributed by atoms with Crippen molar-refractivity contribution in [1.29, 1.82) is 5.26 Å². The molecule has 0 saturated carbocycles. The molecule has 0 bridgehead atoms. The lowest BCUT2D eigenvalue weighted by atomic mass is 9.87. The molecule has 1 N–H and O–H groups in total. The minimum absolute atomic E-state index is 0.162. The Morgan fingerprint density at radius 1 is 0.973 bits per heavy atom. The second kappa shape index (κ2) is 10.3. The van der Waals surface area contributed by atoms with E-state index in [1.807, 2.05) is 55.5 Å². The molecule has 1 aliphatic rings. The van der Waals surface area contributed by atoms with Crippen molar-refractivity contribution in [2.75, 3.05) is 13.7 Å². The fourth-order valence-corrected chi connectivity index (χ4v) is 5.09. The van der Waals surface area contributed by atoms with Crippen LogP contribution in [0.4, 0.5) is 0 Å². The van der Waals surface area contributed by atoms with Crippen molar-refractivity contribution in [3.8, 4) is 22.9 Å². The van der Waals surface area contributed by atoms with E-state index in [9.17, 15) is 10.1 Å². The van der Waals surface area contributed by atoms with Gasteiger partial charge in [0.1, 0.15) is 17.4 Å². The third-order valence-electron chi connectivity index (χ3n) is 7.03. The first kappa shape index (κ1) is 24.3. The Labute approximate surface area is 217 Å². The summed E-state index contributed by atoms with van der Waals surface area (Å²) < 4.78 is 5.33. The van der Waals surface area contributed by atoms with Gasteiger partial charge in [0.2, 0.25) is 0 Å². The fraction of sp³-hybridized carbons (Fsp3) is 0.188. The summed E-state index contributed by atoms with van der Waals surface area (Å²) in [5.74, 6) is 0.825. The van der Waals surface area contributed by atoms with Crippen molar-refractivity contribution in [1.82, 2.24) is 9.88 Å². The minimum Gasteiger partial charge on any atom is -0.497 e. The van der Waals surface area contributed by atoms with Crippen LogP contribution in [0, 0.1) is 25.2 Å². The molecule has 184 valence electrons. The van der Waals surface area contributed by atoms with Crippen molar-refractivity contribution in [3.05, 3.63) is 122 Å². The Hall–Kier alpha value is -4.40. The molecule has 0 unspecified atom stereocenters. The number of hydrogen-bond acceptors (Lipinski definition) is 4. The highest BCUT2D eigenvalue weighted by Gasteiger charge is 2.28. The maximum atomic E-state index is 13.2. The van der Waals surface area contributed by atoms with Gasteiger partial charge in [0.15, 0.2) is 0 Å². The van der Waals surface area contributed by atoms with Gasteiger partial charge in [-0.05, 0) is 71.0 Å². The molecule has 1 aliphatic heterocycles. The number of nitrogens with one attached hydrogen (secondary N) is 1. The van der Waals surface area contributed by atoms with Crippen LogP contribution in [-0.4, -0.2) is 23.5 Å². The number of aryl methyl sites for hydroxylation is 2. The first-order chi connectivity index (χ1) is 18.0. The number of aromatic amines is 1. The molecule has 0 spiro atoms. The summed E-state index contributed by atoms with van der Waals surface area (Å²) in [5.41, 5.74) is 8.76. The lowest BCUT2D eigenvalue weighted by Gasteiger charge is -2.32. The van der Waals surface area contributed by atoms with Crippen LogP contribution in [0.25, 0.3) is 22.8 Å². The molecule has 37 heavy (non-hydrogen) atoms. The number of hydrogen-bond donors (Lipinski definition) is 1. The molecule has 0 atom stereocenters. The maximum absolute atomic E-state index is 13.2. The van der Waals surface area contributed by atoms with Crippen LogP contribution in [-0.2, 0) is 13.1 Å². The second-order valence-corrected chi connectivity index (χ2v) is 9.50. The van der Waals surface area contributed by atoms with Gasteiger partial charge in [-0.2, -0.15) is 5.26 Å².